The Morgan fingerprint density at radius 3 is 2.17 bits per heavy atom. The molecule has 2 aromatic carbocycles. The predicted molar refractivity (Wildman–Crippen MR) is 139 cm³/mol. The maximum absolute atomic E-state index is 13.1. The van der Waals surface area contributed by atoms with Crippen LogP contribution in [0, 0.1) is 20.8 Å². The SMILES string of the molecule is Cc1cc(C)c2c(c1)c(C)cc(=O)n2C(C)C(=O)Nc1ccc(S(=O)(=O)N2CCCCCC2)cc1. The number of hydrogen-bond acceptors (Lipinski definition) is 4. The zero-order valence-electron chi connectivity index (χ0n) is 20.8. The van der Waals surface area contributed by atoms with Crippen LogP contribution in [-0.2, 0) is 14.8 Å². The molecule has 1 unspecified atom stereocenters. The fraction of sp³-hybridized carbons (Fsp3) is 0.407. The minimum absolute atomic E-state index is 0.220. The number of carbonyl (C=O) groups is 1. The van der Waals surface area contributed by atoms with Crippen molar-refractivity contribution in [2.75, 3.05) is 18.4 Å². The summed E-state index contributed by atoms with van der Waals surface area (Å²) < 4.78 is 29.1. The molecule has 1 amide bonds. The molecule has 1 aromatic heterocycles. The number of sulfonamides is 1. The first-order valence-corrected chi connectivity index (χ1v) is 13.6. The number of anilines is 1. The van der Waals surface area contributed by atoms with Gasteiger partial charge in [0.15, 0.2) is 0 Å². The molecule has 7 nitrogen and oxygen atoms in total. The van der Waals surface area contributed by atoms with Gasteiger partial charge in [-0.1, -0.05) is 24.5 Å². The smallest absolute Gasteiger partial charge is 0.252 e. The Kier molecular flexibility index (Phi) is 7.15. The summed E-state index contributed by atoms with van der Waals surface area (Å²) in [6.07, 6.45) is 3.84. The molecule has 1 fully saturated rings. The second kappa shape index (κ2) is 9.95. The monoisotopic (exact) mass is 495 g/mol. The van der Waals surface area contributed by atoms with Crippen LogP contribution < -0.4 is 10.9 Å². The van der Waals surface area contributed by atoms with Crippen molar-refractivity contribution in [3.8, 4) is 0 Å². The average molecular weight is 496 g/mol. The molecule has 0 spiro atoms. The molecule has 1 N–H and O–H groups in total. The lowest BCUT2D eigenvalue weighted by Crippen LogP contribution is -2.32. The third kappa shape index (κ3) is 5.04. The topological polar surface area (TPSA) is 88.5 Å². The number of fused-ring (bicyclic) bond motifs is 1. The van der Waals surface area contributed by atoms with Crippen molar-refractivity contribution < 1.29 is 13.2 Å². The van der Waals surface area contributed by atoms with E-state index < -0.39 is 16.1 Å². The molecule has 0 radical (unpaired) electrons. The molecule has 1 aliphatic rings. The third-order valence-electron chi connectivity index (χ3n) is 6.78. The second-order valence-electron chi connectivity index (χ2n) is 9.52. The van der Waals surface area contributed by atoms with Gasteiger partial charge in [-0.2, -0.15) is 4.31 Å². The first kappa shape index (κ1) is 25.1. The van der Waals surface area contributed by atoms with Crippen LogP contribution in [0.25, 0.3) is 10.9 Å². The van der Waals surface area contributed by atoms with E-state index >= 15 is 0 Å². The molecule has 1 saturated heterocycles. The Labute approximate surface area is 206 Å². The van der Waals surface area contributed by atoms with Gasteiger partial charge >= 0.3 is 0 Å². The van der Waals surface area contributed by atoms with Crippen molar-refractivity contribution in [2.45, 2.75) is 64.3 Å². The van der Waals surface area contributed by atoms with E-state index in [1.165, 1.54) is 16.7 Å². The first-order valence-electron chi connectivity index (χ1n) is 12.1. The summed E-state index contributed by atoms with van der Waals surface area (Å²) in [7, 11) is -3.56. The van der Waals surface area contributed by atoms with Crippen LogP contribution in [0.1, 0.15) is 55.3 Å². The Morgan fingerprint density at radius 2 is 1.54 bits per heavy atom. The Hall–Kier alpha value is -2.97. The highest BCUT2D eigenvalue weighted by Crippen LogP contribution is 2.26. The largest absolute Gasteiger partial charge is 0.324 e. The standard InChI is InChI=1S/C27H33N3O4S/c1-18-15-20(3)26-24(16-18)19(2)17-25(31)30(26)21(4)27(32)28-22-9-11-23(12-10-22)35(33,34)29-13-7-5-6-8-14-29/h9-12,15-17,21H,5-8,13-14H2,1-4H3,(H,28,32). The van der Waals surface area contributed by atoms with Gasteiger partial charge in [0.2, 0.25) is 15.9 Å². The number of pyridine rings is 1. The number of aromatic nitrogens is 1. The highest BCUT2D eigenvalue weighted by atomic mass is 32.2. The molecule has 8 heteroatoms. The van der Waals surface area contributed by atoms with Crippen LogP contribution in [0.2, 0.25) is 0 Å². The predicted octanol–water partition coefficient (Wildman–Crippen LogP) is 4.69. The van der Waals surface area contributed by atoms with Crippen molar-refractivity contribution in [3.63, 3.8) is 0 Å². The number of aryl methyl sites for hydroxylation is 3. The van der Waals surface area contributed by atoms with Gasteiger partial charge in [0, 0.05) is 30.2 Å². The molecule has 3 aromatic rings. The lowest BCUT2D eigenvalue weighted by molar-refractivity contribution is -0.118. The van der Waals surface area contributed by atoms with Crippen molar-refractivity contribution in [3.05, 3.63) is 69.5 Å². The van der Waals surface area contributed by atoms with Crippen molar-refractivity contribution in [1.29, 1.82) is 0 Å². The summed E-state index contributed by atoms with van der Waals surface area (Å²) in [4.78, 5) is 26.3. The molecule has 0 saturated carbocycles. The van der Waals surface area contributed by atoms with Crippen LogP contribution >= 0.6 is 0 Å². The Balaban J connectivity index is 1.58. The van der Waals surface area contributed by atoms with Crippen LogP contribution in [-0.4, -0.2) is 36.3 Å². The summed E-state index contributed by atoms with van der Waals surface area (Å²) in [6.45, 7) is 8.63. The summed E-state index contributed by atoms with van der Waals surface area (Å²) in [5, 5.41) is 3.79. The van der Waals surface area contributed by atoms with Crippen molar-refractivity contribution in [2.24, 2.45) is 0 Å². The minimum atomic E-state index is -3.56. The van der Waals surface area contributed by atoms with Crippen molar-refractivity contribution >= 4 is 32.5 Å². The Morgan fingerprint density at radius 1 is 0.914 bits per heavy atom. The van der Waals surface area contributed by atoms with E-state index in [1.807, 2.05) is 32.9 Å². The van der Waals surface area contributed by atoms with Gasteiger partial charge in [-0.25, -0.2) is 8.42 Å². The van der Waals surface area contributed by atoms with Gasteiger partial charge in [-0.3, -0.25) is 14.2 Å². The van der Waals surface area contributed by atoms with Gasteiger partial charge in [-0.05, 0) is 82.0 Å². The van der Waals surface area contributed by atoms with Gasteiger partial charge in [0.1, 0.15) is 6.04 Å². The molecule has 35 heavy (non-hydrogen) atoms. The second-order valence-corrected chi connectivity index (χ2v) is 11.5. The highest BCUT2D eigenvalue weighted by molar-refractivity contribution is 7.89. The summed E-state index contributed by atoms with van der Waals surface area (Å²) >= 11 is 0. The number of hydrogen-bond donors (Lipinski definition) is 1. The molecular formula is C27H33N3O4S. The zero-order valence-corrected chi connectivity index (χ0v) is 21.6. The summed E-state index contributed by atoms with van der Waals surface area (Å²) in [5.74, 6) is -0.347. The molecule has 1 atom stereocenters. The number of nitrogens with one attached hydrogen (secondary N) is 1. The normalized spacial score (nSPS) is 16.1. The Bertz CT molecular complexity index is 1420. The molecule has 2 heterocycles. The van der Waals surface area contributed by atoms with E-state index in [4.69, 9.17) is 0 Å². The zero-order chi connectivity index (χ0) is 25.3. The van der Waals surface area contributed by atoms with Gasteiger partial charge in [0.05, 0.1) is 10.4 Å². The number of benzene rings is 2. The van der Waals surface area contributed by atoms with Gasteiger partial charge < -0.3 is 5.32 Å². The van der Waals surface area contributed by atoms with Crippen LogP contribution in [0.4, 0.5) is 5.69 Å². The van der Waals surface area contributed by atoms with Gasteiger partial charge in [0.25, 0.3) is 5.56 Å². The van der Waals surface area contributed by atoms with E-state index in [2.05, 4.69) is 5.32 Å². The third-order valence-corrected chi connectivity index (χ3v) is 8.69. The van der Waals surface area contributed by atoms with E-state index in [0.717, 1.165) is 53.3 Å². The van der Waals surface area contributed by atoms with Crippen molar-refractivity contribution in [1.82, 2.24) is 8.87 Å². The quantitative estimate of drug-likeness (QED) is 0.556. The number of nitrogens with zero attached hydrogens (tertiary/aromatic N) is 2. The minimum Gasteiger partial charge on any atom is -0.324 e. The number of carbonyl (C=O) groups excluding carboxylic acids is 1. The summed E-state index contributed by atoms with van der Waals surface area (Å²) in [6, 6.07) is 11.1. The van der Waals surface area contributed by atoms with E-state index in [1.54, 1.807) is 29.4 Å². The average Bonchev–Trinajstić information content (AvgIpc) is 3.10. The molecular weight excluding hydrogens is 462 g/mol. The first-order chi connectivity index (χ1) is 16.6. The fourth-order valence-corrected chi connectivity index (χ4v) is 6.43. The fourth-order valence-electron chi connectivity index (χ4n) is 4.91. The lowest BCUT2D eigenvalue weighted by Gasteiger charge is -2.21. The number of amides is 1. The maximum Gasteiger partial charge on any atom is 0.252 e. The highest BCUT2D eigenvalue weighted by Gasteiger charge is 2.25. The van der Waals surface area contributed by atoms with E-state index in [-0.39, 0.29) is 16.4 Å². The van der Waals surface area contributed by atoms with E-state index in [0.29, 0.717) is 18.8 Å². The molecule has 0 bridgehead atoms. The van der Waals surface area contributed by atoms with Crippen LogP contribution in [0.15, 0.2) is 52.2 Å². The molecule has 186 valence electrons. The lowest BCUT2D eigenvalue weighted by atomic mass is 10.0. The maximum atomic E-state index is 13.1. The number of rotatable bonds is 5. The molecule has 1 aliphatic heterocycles. The summed E-state index contributed by atoms with van der Waals surface area (Å²) in [5.41, 5.74) is 3.90. The molecule has 4 rings (SSSR count). The molecule has 0 aliphatic carbocycles. The van der Waals surface area contributed by atoms with Crippen LogP contribution in [0.5, 0.6) is 0 Å². The van der Waals surface area contributed by atoms with Crippen LogP contribution in [0.3, 0.4) is 0 Å². The van der Waals surface area contributed by atoms with Gasteiger partial charge in [-0.15, -0.1) is 0 Å². The van der Waals surface area contributed by atoms with E-state index in [9.17, 15) is 18.0 Å².